The first kappa shape index (κ1) is 19.5. The smallest absolute Gasteiger partial charge is 0.246 e. The van der Waals surface area contributed by atoms with Gasteiger partial charge in [0.25, 0.3) is 0 Å². The molecule has 1 amide bonds. The van der Waals surface area contributed by atoms with Crippen LogP contribution in [-0.2, 0) is 11.3 Å². The van der Waals surface area contributed by atoms with Crippen molar-refractivity contribution in [2.75, 3.05) is 20.8 Å². The fraction of sp³-hybridized carbons (Fsp3) is 0.208. The van der Waals surface area contributed by atoms with E-state index in [9.17, 15) is 4.79 Å². The van der Waals surface area contributed by atoms with E-state index in [1.54, 1.807) is 24.2 Å². The van der Waals surface area contributed by atoms with Gasteiger partial charge in [-0.05, 0) is 47.0 Å². The minimum atomic E-state index is -0.0548. The minimum Gasteiger partial charge on any atom is -0.493 e. The summed E-state index contributed by atoms with van der Waals surface area (Å²) in [6.45, 7) is 3.05. The lowest BCUT2D eigenvalue weighted by molar-refractivity contribution is -0.125. The number of ether oxygens (including phenoxy) is 2. The second kappa shape index (κ2) is 9.09. The van der Waals surface area contributed by atoms with Crippen LogP contribution < -0.4 is 9.47 Å². The van der Waals surface area contributed by atoms with Gasteiger partial charge in [-0.1, -0.05) is 48.5 Å². The maximum absolute atomic E-state index is 12.6. The molecular formula is C24H25NO3. The number of hydrogen-bond donors (Lipinski definition) is 0. The zero-order valence-corrected chi connectivity index (χ0v) is 16.5. The van der Waals surface area contributed by atoms with Crippen LogP contribution in [0.15, 0.2) is 66.7 Å². The van der Waals surface area contributed by atoms with Crippen LogP contribution >= 0.6 is 0 Å². The summed E-state index contributed by atoms with van der Waals surface area (Å²) in [6, 6.07) is 20.0. The lowest BCUT2D eigenvalue weighted by atomic mass is 10.0. The first-order valence-electron chi connectivity index (χ1n) is 9.33. The molecule has 0 saturated carbocycles. The van der Waals surface area contributed by atoms with Crippen LogP contribution in [0.5, 0.6) is 11.5 Å². The summed E-state index contributed by atoms with van der Waals surface area (Å²) in [5.41, 5.74) is 2.01. The summed E-state index contributed by atoms with van der Waals surface area (Å²) in [4.78, 5) is 14.3. The topological polar surface area (TPSA) is 38.8 Å². The summed E-state index contributed by atoms with van der Waals surface area (Å²) in [5.74, 6) is 1.29. The Bertz CT molecular complexity index is 989. The molecule has 0 radical (unpaired) electrons. The number of rotatable bonds is 7. The Kier molecular flexibility index (Phi) is 6.33. The molecular weight excluding hydrogens is 350 g/mol. The van der Waals surface area contributed by atoms with Gasteiger partial charge in [-0.15, -0.1) is 0 Å². The zero-order chi connectivity index (χ0) is 19.9. The van der Waals surface area contributed by atoms with Crippen LogP contribution in [0.25, 0.3) is 16.8 Å². The van der Waals surface area contributed by atoms with Gasteiger partial charge in [-0.25, -0.2) is 0 Å². The van der Waals surface area contributed by atoms with E-state index in [2.05, 4.69) is 24.3 Å². The molecule has 3 aromatic rings. The fourth-order valence-corrected chi connectivity index (χ4v) is 3.12. The zero-order valence-electron chi connectivity index (χ0n) is 16.5. The van der Waals surface area contributed by atoms with E-state index >= 15 is 0 Å². The molecule has 0 aromatic heterocycles. The standard InChI is InChI=1S/C24H25NO3/c1-4-28-22-14-12-18(16-23(22)27-3)13-15-24(26)25(2)17-20-10-7-9-19-8-5-6-11-21(19)20/h5-16H,4,17H2,1-3H3/b15-13+. The molecule has 0 bridgehead atoms. The van der Waals surface area contributed by atoms with Crippen molar-refractivity contribution in [1.29, 1.82) is 0 Å². The third-order valence-electron chi connectivity index (χ3n) is 4.57. The van der Waals surface area contributed by atoms with Gasteiger partial charge in [0.05, 0.1) is 13.7 Å². The molecule has 0 spiro atoms. The van der Waals surface area contributed by atoms with Gasteiger partial charge in [0.15, 0.2) is 11.5 Å². The summed E-state index contributed by atoms with van der Waals surface area (Å²) in [7, 11) is 3.42. The highest BCUT2D eigenvalue weighted by atomic mass is 16.5. The SMILES string of the molecule is CCOc1ccc(/C=C/C(=O)N(C)Cc2cccc3ccccc23)cc1OC. The lowest BCUT2D eigenvalue weighted by Gasteiger charge is -2.17. The molecule has 0 unspecified atom stereocenters. The van der Waals surface area contributed by atoms with Gasteiger partial charge in [0, 0.05) is 19.7 Å². The molecule has 0 aliphatic heterocycles. The molecule has 0 aliphatic rings. The number of amides is 1. The second-order valence-electron chi connectivity index (χ2n) is 6.51. The van der Waals surface area contributed by atoms with Crippen LogP contribution in [0.1, 0.15) is 18.1 Å². The normalized spacial score (nSPS) is 11.0. The number of carbonyl (C=O) groups excluding carboxylic acids is 1. The Balaban J connectivity index is 1.71. The predicted molar refractivity (Wildman–Crippen MR) is 114 cm³/mol. The fourth-order valence-electron chi connectivity index (χ4n) is 3.12. The second-order valence-corrected chi connectivity index (χ2v) is 6.51. The van der Waals surface area contributed by atoms with Gasteiger partial charge in [-0.3, -0.25) is 4.79 Å². The number of carbonyl (C=O) groups is 1. The Labute approximate surface area is 166 Å². The molecule has 0 heterocycles. The average molecular weight is 375 g/mol. The summed E-state index contributed by atoms with van der Waals surface area (Å²) in [5, 5.41) is 2.35. The van der Waals surface area contributed by atoms with Crippen molar-refractivity contribution in [1.82, 2.24) is 4.90 Å². The number of likely N-dealkylation sites (N-methyl/N-ethyl adjacent to an activating group) is 1. The maximum Gasteiger partial charge on any atom is 0.246 e. The minimum absolute atomic E-state index is 0.0548. The van der Waals surface area contributed by atoms with Crippen molar-refractivity contribution in [3.05, 3.63) is 77.9 Å². The van der Waals surface area contributed by atoms with Gasteiger partial charge in [0.2, 0.25) is 5.91 Å². The first-order valence-corrected chi connectivity index (χ1v) is 9.33. The highest BCUT2D eigenvalue weighted by Crippen LogP contribution is 2.28. The quantitative estimate of drug-likeness (QED) is 0.550. The molecule has 28 heavy (non-hydrogen) atoms. The average Bonchev–Trinajstić information content (AvgIpc) is 2.73. The molecule has 0 fully saturated rings. The highest BCUT2D eigenvalue weighted by molar-refractivity contribution is 5.92. The van der Waals surface area contributed by atoms with E-state index in [1.807, 2.05) is 50.4 Å². The van der Waals surface area contributed by atoms with Crippen LogP contribution in [0, 0.1) is 0 Å². The molecule has 4 heteroatoms. The summed E-state index contributed by atoms with van der Waals surface area (Å²) >= 11 is 0. The molecule has 0 aliphatic carbocycles. The van der Waals surface area contributed by atoms with Crippen LogP contribution in [-0.4, -0.2) is 31.6 Å². The first-order chi connectivity index (χ1) is 13.6. The Morgan fingerprint density at radius 1 is 1.04 bits per heavy atom. The number of fused-ring (bicyclic) bond motifs is 1. The highest BCUT2D eigenvalue weighted by Gasteiger charge is 2.09. The van der Waals surface area contributed by atoms with E-state index in [0.717, 1.165) is 11.1 Å². The lowest BCUT2D eigenvalue weighted by Crippen LogP contribution is -2.24. The van der Waals surface area contributed by atoms with Gasteiger partial charge in [0.1, 0.15) is 0 Å². The number of nitrogens with zero attached hydrogens (tertiary/aromatic N) is 1. The van der Waals surface area contributed by atoms with E-state index in [4.69, 9.17) is 9.47 Å². The van der Waals surface area contributed by atoms with E-state index in [-0.39, 0.29) is 5.91 Å². The summed E-state index contributed by atoms with van der Waals surface area (Å²) < 4.78 is 10.9. The predicted octanol–water partition coefficient (Wildman–Crippen LogP) is 4.92. The van der Waals surface area contributed by atoms with Crippen LogP contribution in [0.4, 0.5) is 0 Å². The van der Waals surface area contributed by atoms with E-state index in [0.29, 0.717) is 24.7 Å². The molecule has 144 valence electrons. The molecule has 3 aromatic carbocycles. The third kappa shape index (κ3) is 4.52. The largest absolute Gasteiger partial charge is 0.493 e. The number of hydrogen-bond acceptors (Lipinski definition) is 3. The van der Waals surface area contributed by atoms with Crippen molar-refractivity contribution >= 4 is 22.8 Å². The van der Waals surface area contributed by atoms with Gasteiger partial charge in [-0.2, -0.15) is 0 Å². The van der Waals surface area contributed by atoms with Gasteiger partial charge >= 0.3 is 0 Å². The third-order valence-corrected chi connectivity index (χ3v) is 4.57. The van der Waals surface area contributed by atoms with Crippen LogP contribution in [0.3, 0.4) is 0 Å². The maximum atomic E-state index is 12.6. The molecule has 0 saturated heterocycles. The van der Waals surface area contributed by atoms with Crippen molar-refractivity contribution < 1.29 is 14.3 Å². The van der Waals surface area contributed by atoms with E-state index < -0.39 is 0 Å². The number of methoxy groups -OCH3 is 1. The van der Waals surface area contributed by atoms with Crippen molar-refractivity contribution in [2.24, 2.45) is 0 Å². The van der Waals surface area contributed by atoms with Gasteiger partial charge < -0.3 is 14.4 Å². The Morgan fingerprint density at radius 3 is 2.61 bits per heavy atom. The Hall–Kier alpha value is -3.27. The molecule has 0 atom stereocenters. The summed E-state index contributed by atoms with van der Waals surface area (Å²) in [6.07, 6.45) is 3.38. The number of benzene rings is 3. The molecule has 4 nitrogen and oxygen atoms in total. The van der Waals surface area contributed by atoms with Crippen molar-refractivity contribution in [3.63, 3.8) is 0 Å². The van der Waals surface area contributed by atoms with Crippen molar-refractivity contribution in [3.8, 4) is 11.5 Å². The monoisotopic (exact) mass is 375 g/mol. The van der Waals surface area contributed by atoms with Crippen LogP contribution in [0.2, 0.25) is 0 Å². The Morgan fingerprint density at radius 2 is 1.82 bits per heavy atom. The molecule has 0 N–H and O–H groups in total. The molecule has 3 rings (SSSR count). The van der Waals surface area contributed by atoms with Crippen molar-refractivity contribution in [2.45, 2.75) is 13.5 Å². The van der Waals surface area contributed by atoms with E-state index in [1.165, 1.54) is 10.8 Å².